The van der Waals surface area contributed by atoms with E-state index < -0.39 is 18.3 Å². The molecule has 0 fully saturated rings. The number of methoxy groups -OCH3 is 1. The van der Waals surface area contributed by atoms with Gasteiger partial charge in [0.15, 0.2) is 0 Å². The maximum atomic E-state index is 12.8. The fraction of sp³-hybridized carbons (Fsp3) is 0.348. The maximum absolute atomic E-state index is 12.8. The second-order valence-corrected chi connectivity index (χ2v) is 6.40. The van der Waals surface area contributed by atoms with E-state index in [0.717, 1.165) is 0 Å². The second-order valence-electron chi connectivity index (χ2n) is 6.40. The van der Waals surface area contributed by atoms with Gasteiger partial charge in [0.1, 0.15) is 24.3 Å². The van der Waals surface area contributed by atoms with Gasteiger partial charge in [0.2, 0.25) is 0 Å². The molecular weight excluding hydrogens is 391 g/mol. The van der Waals surface area contributed by atoms with Crippen molar-refractivity contribution in [2.45, 2.75) is 37.6 Å². The van der Waals surface area contributed by atoms with Crippen molar-refractivity contribution < 1.29 is 34.0 Å². The van der Waals surface area contributed by atoms with Gasteiger partial charge in [-0.1, -0.05) is 48.6 Å². The first-order valence-electron chi connectivity index (χ1n) is 9.60. The molecule has 1 rings (SSSR count). The van der Waals surface area contributed by atoms with Crippen molar-refractivity contribution in [1.82, 2.24) is 0 Å². The first kappa shape index (κ1) is 25.3. The third-order valence-electron chi connectivity index (χ3n) is 3.93. The van der Waals surface area contributed by atoms with Gasteiger partial charge in [-0.25, -0.2) is 4.39 Å². The maximum Gasteiger partial charge on any atom is 0.305 e. The molecular formula is C23H29FO6. The molecule has 0 aliphatic carbocycles. The van der Waals surface area contributed by atoms with Crippen molar-refractivity contribution >= 4 is 5.97 Å². The summed E-state index contributed by atoms with van der Waals surface area (Å²) in [5, 5.41) is 29.4. The van der Waals surface area contributed by atoms with Crippen LogP contribution >= 0.6 is 0 Å². The average Bonchev–Trinajstić information content (AvgIpc) is 2.74. The second kappa shape index (κ2) is 15.1. The molecule has 1 aromatic rings. The largest absolute Gasteiger partial charge is 0.491 e. The van der Waals surface area contributed by atoms with Crippen molar-refractivity contribution in [1.29, 1.82) is 0 Å². The first-order valence-corrected chi connectivity index (χ1v) is 9.60. The minimum atomic E-state index is -1.02. The predicted octanol–water partition coefficient (Wildman–Crippen LogP) is 2.86. The van der Waals surface area contributed by atoms with E-state index in [9.17, 15) is 24.5 Å². The fourth-order valence-corrected chi connectivity index (χ4v) is 2.25. The molecule has 0 amide bonds. The van der Waals surface area contributed by atoms with Crippen LogP contribution in [0.15, 0.2) is 72.9 Å². The van der Waals surface area contributed by atoms with Crippen LogP contribution in [0.4, 0.5) is 4.39 Å². The summed E-state index contributed by atoms with van der Waals surface area (Å²) in [6.45, 7) is 0.0500. The molecule has 3 unspecified atom stereocenters. The monoisotopic (exact) mass is 420 g/mol. The first-order chi connectivity index (χ1) is 14.4. The third-order valence-corrected chi connectivity index (χ3v) is 3.93. The molecule has 1 aromatic carbocycles. The third kappa shape index (κ3) is 12.0. The molecule has 0 bridgehead atoms. The van der Waals surface area contributed by atoms with Crippen molar-refractivity contribution in [3.05, 3.63) is 78.7 Å². The van der Waals surface area contributed by atoms with Gasteiger partial charge in [0, 0.05) is 6.42 Å². The lowest BCUT2D eigenvalue weighted by Crippen LogP contribution is -2.23. The molecule has 3 N–H and O–H groups in total. The highest BCUT2D eigenvalue weighted by atomic mass is 19.1. The van der Waals surface area contributed by atoms with E-state index in [1.165, 1.54) is 37.5 Å². The highest BCUT2D eigenvalue weighted by Gasteiger charge is 2.13. The van der Waals surface area contributed by atoms with Crippen LogP contribution in [0.3, 0.4) is 0 Å². The fourth-order valence-electron chi connectivity index (χ4n) is 2.25. The summed E-state index contributed by atoms with van der Waals surface area (Å²) in [6.07, 6.45) is 11.3. The van der Waals surface area contributed by atoms with Crippen molar-refractivity contribution in [2.24, 2.45) is 0 Å². The molecule has 0 saturated carbocycles. The molecule has 7 heteroatoms. The Bertz CT molecular complexity index is 724. The lowest BCUT2D eigenvalue weighted by Gasteiger charge is -2.13. The predicted molar refractivity (Wildman–Crippen MR) is 112 cm³/mol. The van der Waals surface area contributed by atoms with E-state index in [1.54, 1.807) is 42.5 Å². The van der Waals surface area contributed by atoms with Crippen molar-refractivity contribution in [3.63, 3.8) is 0 Å². The summed E-state index contributed by atoms with van der Waals surface area (Å²) >= 11 is 0. The number of aliphatic hydroxyl groups excluding tert-OH is 3. The number of benzene rings is 1. The van der Waals surface area contributed by atoms with Crippen molar-refractivity contribution in [3.8, 4) is 5.75 Å². The van der Waals surface area contributed by atoms with Crippen LogP contribution in [0.1, 0.15) is 19.3 Å². The molecule has 30 heavy (non-hydrogen) atoms. The Morgan fingerprint density at radius 1 is 1.00 bits per heavy atom. The molecule has 0 spiro atoms. The Labute approximate surface area is 176 Å². The van der Waals surface area contributed by atoms with E-state index >= 15 is 0 Å². The van der Waals surface area contributed by atoms with E-state index in [1.807, 2.05) is 0 Å². The Morgan fingerprint density at radius 2 is 1.60 bits per heavy atom. The molecule has 0 heterocycles. The molecule has 0 saturated heterocycles. The average molecular weight is 420 g/mol. The van der Waals surface area contributed by atoms with Gasteiger partial charge in [-0.2, -0.15) is 0 Å². The number of aliphatic hydroxyl groups is 3. The highest BCUT2D eigenvalue weighted by Crippen LogP contribution is 2.11. The smallest absolute Gasteiger partial charge is 0.305 e. The zero-order valence-corrected chi connectivity index (χ0v) is 16.9. The zero-order chi connectivity index (χ0) is 22.2. The highest BCUT2D eigenvalue weighted by molar-refractivity contribution is 5.68. The van der Waals surface area contributed by atoms with Gasteiger partial charge in [-0.15, -0.1) is 0 Å². The number of hydrogen-bond donors (Lipinski definition) is 3. The summed E-state index contributed by atoms with van der Waals surface area (Å²) in [5.74, 6) is -0.217. The van der Waals surface area contributed by atoms with Crippen LogP contribution in [-0.4, -0.2) is 53.3 Å². The summed E-state index contributed by atoms with van der Waals surface area (Å²) in [5.41, 5.74) is 0. The number of esters is 1. The Balaban J connectivity index is 2.23. The molecule has 0 aromatic heterocycles. The number of hydrogen-bond acceptors (Lipinski definition) is 6. The molecule has 0 aliphatic heterocycles. The summed E-state index contributed by atoms with van der Waals surface area (Å²) in [7, 11) is 1.31. The molecule has 6 nitrogen and oxygen atoms in total. The molecule has 0 aliphatic rings. The van der Waals surface area contributed by atoms with Crippen molar-refractivity contribution in [2.75, 3.05) is 13.7 Å². The van der Waals surface area contributed by atoms with Gasteiger partial charge >= 0.3 is 5.97 Å². The minimum Gasteiger partial charge on any atom is -0.491 e. The summed E-state index contributed by atoms with van der Waals surface area (Å²) < 4.78 is 22.6. The number of halogens is 1. The normalized spacial score (nSPS) is 15.2. The number of ether oxygens (including phenoxy) is 2. The zero-order valence-electron chi connectivity index (χ0n) is 16.9. The molecule has 0 radical (unpaired) electrons. The van der Waals surface area contributed by atoms with E-state index in [2.05, 4.69) is 4.74 Å². The van der Waals surface area contributed by atoms with Crippen LogP contribution < -0.4 is 4.74 Å². The number of carbonyl (C=O) groups excluding carboxylic acids is 1. The van der Waals surface area contributed by atoms with E-state index in [4.69, 9.17) is 4.74 Å². The SMILES string of the molecule is COC(=O)CCCC(O)C(O)/C=C/C=C/C=C/C=C/C(O)COc1ccc(F)cc1. The van der Waals surface area contributed by atoms with Crippen LogP contribution in [0.5, 0.6) is 5.75 Å². The lowest BCUT2D eigenvalue weighted by atomic mass is 10.1. The minimum absolute atomic E-state index is 0.0500. The van der Waals surface area contributed by atoms with Crippen LogP contribution in [0, 0.1) is 5.82 Å². The topological polar surface area (TPSA) is 96.2 Å². The summed E-state index contributed by atoms with van der Waals surface area (Å²) in [4.78, 5) is 11.0. The van der Waals surface area contributed by atoms with Crippen LogP contribution in [0.2, 0.25) is 0 Å². The lowest BCUT2D eigenvalue weighted by molar-refractivity contribution is -0.140. The Kier molecular flexibility index (Phi) is 12.8. The quantitative estimate of drug-likeness (QED) is 0.335. The van der Waals surface area contributed by atoms with Gasteiger partial charge in [0.25, 0.3) is 0 Å². The Hall–Kier alpha value is -2.74. The molecule has 164 valence electrons. The van der Waals surface area contributed by atoms with Crippen LogP contribution in [-0.2, 0) is 9.53 Å². The number of carbonyl (C=O) groups is 1. The Morgan fingerprint density at radius 3 is 2.23 bits per heavy atom. The van der Waals surface area contributed by atoms with Gasteiger partial charge in [0.05, 0.1) is 19.3 Å². The van der Waals surface area contributed by atoms with Gasteiger partial charge in [-0.05, 0) is 37.1 Å². The summed E-state index contributed by atoms with van der Waals surface area (Å²) in [6, 6.07) is 5.54. The number of rotatable bonds is 13. The van der Waals surface area contributed by atoms with E-state index in [0.29, 0.717) is 18.6 Å². The van der Waals surface area contributed by atoms with E-state index in [-0.39, 0.29) is 24.8 Å². The van der Waals surface area contributed by atoms with Gasteiger partial charge < -0.3 is 24.8 Å². The van der Waals surface area contributed by atoms with Gasteiger partial charge in [-0.3, -0.25) is 4.79 Å². The number of allylic oxidation sites excluding steroid dienone is 6. The van der Waals surface area contributed by atoms with Crippen LogP contribution in [0.25, 0.3) is 0 Å². The molecule has 3 atom stereocenters. The standard InChI is InChI=1S/C23H29FO6/c1-29-23(28)12-8-11-22(27)21(26)10-7-5-3-2-4-6-9-19(25)17-30-20-15-13-18(24)14-16-20/h2-7,9-10,13-16,19,21-22,25-27H,8,11-12,17H2,1H3/b4-2+,5-3+,9-6+,10-7+.